The number of aromatic nitrogens is 2. The average Bonchev–Trinajstić information content (AvgIpc) is 3.15. The van der Waals surface area contributed by atoms with E-state index in [1.807, 2.05) is 6.07 Å². The molecule has 0 radical (unpaired) electrons. The quantitative estimate of drug-likeness (QED) is 0.356. The molecular formula is C22H20ClN3O6S. The van der Waals surface area contributed by atoms with Crippen LogP contribution in [0.25, 0.3) is 21.3 Å². The molecule has 0 unspecified atom stereocenters. The number of carbonyl (C=O) groups is 1. The normalized spacial score (nSPS) is 11.3. The number of carbonyl (C=O) groups excluding carboxylic acids is 1. The summed E-state index contributed by atoms with van der Waals surface area (Å²) < 4.78 is 20.6. The minimum absolute atomic E-state index is 0.108. The number of H-pyrrole nitrogens is 1. The van der Waals surface area contributed by atoms with Gasteiger partial charge in [-0.05, 0) is 36.3 Å². The maximum atomic E-state index is 12.7. The number of halogens is 1. The summed E-state index contributed by atoms with van der Waals surface area (Å²) in [6.45, 7) is 1.94. The minimum Gasteiger partial charge on any atom is -0.493 e. The van der Waals surface area contributed by atoms with Crippen LogP contribution in [0.2, 0.25) is 0 Å². The largest absolute Gasteiger partial charge is 0.493 e. The number of nitriles is 1. The molecule has 0 aliphatic carbocycles. The van der Waals surface area contributed by atoms with Crippen molar-refractivity contribution in [2.24, 2.45) is 0 Å². The summed E-state index contributed by atoms with van der Waals surface area (Å²) in [5.41, 5.74) is 0.744. The second-order valence-electron chi connectivity index (χ2n) is 6.63. The maximum Gasteiger partial charge on any atom is 0.348 e. The Kier molecular flexibility index (Phi) is 8.06. The lowest BCUT2D eigenvalue weighted by Gasteiger charge is -2.09. The van der Waals surface area contributed by atoms with Crippen LogP contribution in [0.4, 0.5) is 0 Å². The van der Waals surface area contributed by atoms with Crippen LogP contribution in [0.3, 0.4) is 0 Å². The summed E-state index contributed by atoms with van der Waals surface area (Å²) in [6.07, 6.45) is 1.60. The number of rotatable bonds is 9. The highest BCUT2D eigenvalue weighted by atomic mass is 35.5. The number of aromatic amines is 1. The number of hydrogen-bond acceptors (Lipinski definition) is 9. The average molecular weight is 490 g/mol. The van der Waals surface area contributed by atoms with E-state index in [0.29, 0.717) is 37.7 Å². The summed E-state index contributed by atoms with van der Waals surface area (Å²) in [6, 6.07) is 6.94. The Morgan fingerprint density at radius 2 is 2.09 bits per heavy atom. The van der Waals surface area contributed by atoms with Gasteiger partial charge in [0.1, 0.15) is 22.4 Å². The number of thiophene rings is 1. The van der Waals surface area contributed by atoms with Gasteiger partial charge in [0.2, 0.25) is 0 Å². The summed E-state index contributed by atoms with van der Waals surface area (Å²) in [7, 11) is 2.99. The Bertz CT molecular complexity index is 1310. The van der Waals surface area contributed by atoms with Gasteiger partial charge in [-0.15, -0.1) is 11.3 Å². The lowest BCUT2D eigenvalue weighted by molar-refractivity contribution is 0.0393. The number of nitrogens with one attached hydrogen (secondary N) is 1. The zero-order valence-corrected chi connectivity index (χ0v) is 19.6. The van der Waals surface area contributed by atoms with Gasteiger partial charge in [0, 0.05) is 7.11 Å². The molecule has 0 spiro atoms. The first-order valence-corrected chi connectivity index (χ1v) is 10.8. The lowest BCUT2D eigenvalue weighted by atomic mass is 10.2. The summed E-state index contributed by atoms with van der Waals surface area (Å²) in [5.74, 6) is 0.449. The minimum atomic E-state index is -0.541. The highest BCUT2D eigenvalue weighted by Crippen LogP contribution is 2.31. The van der Waals surface area contributed by atoms with Crippen LogP contribution in [0.1, 0.15) is 26.6 Å². The van der Waals surface area contributed by atoms with Gasteiger partial charge >= 0.3 is 5.97 Å². The fourth-order valence-corrected chi connectivity index (χ4v) is 4.24. The number of benzene rings is 1. The topological polar surface area (TPSA) is 124 Å². The van der Waals surface area contributed by atoms with E-state index in [1.165, 1.54) is 14.2 Å². The first-order valence-electron chi connectivity index (χ1n) is 9.64. The SMILES string of the molecule is COCCOC(=O)c1sc2nc(/C(Cl)=C/c3ccc(OCC#N)c(OC)c3)[nH]c(=O)c2c1C. The van der Waals surface area contributed by atoms with Crippen molar-refractivity contribution in [2.75, 3.05) is 34.0 Å². The van der Waals surface area contributed by atoms with Gasteiger partial charge in [-0.2, -0.15) is 5.26 Å². The highest BCUT2D eigenvalue weighted by molar-refractivity contribution is 7.20. The molecule has 1 aromatic carbocycles. The molecule has 33 heavy (non-hydrogen) atoms. The second kappa shape index (κ2) is 11.0. The Morgan fingerprint density at radius 3 is 2.79 bits per heavy atom. The number of ether oxygens (including phenoxy) is 4. The molecule has 172 valence electrons. The Balaban J connectivity index is 1.94. The fourth-order valence-electron chi connectivity index (χ4n) is 2.95. The standard InChI is InChI=1S/C22H20ClN3O6S/c1-12-17-20(27)25-19(26-21(17)33-18(12)22(28)32-9-8-29-2)14(23)10-13-4-5-15(31-7-6-24)16(11-13)30-3/h4-5,10-11H,7-9H2,1-3H3,(H,25,26,27)/b14-10-. The first kappa shape index (κ1) is 24.3. The van der Waals surface area contributed by atoms with Crippen LogP contribution < -0.4 is 15.0 Å². The van der Waals surface area contributed by atoms with Crippen molar-refractivity contribution in [3.8, 4) is 17.6 Å². The Labute approximate surface area is 198 Å². The Hall–Kier alpha value is -3.39. The molecule has 0 atom stereocenters. The zero-order chi connectivity index (χ0) is 24.0. The van der Waals surface area contributed by atoms with E-state index in [4.69, 9.17) is 35.8 Å². The summed E-state index contributed by atoms with van der Waals surface area (Å²) in [4.78, 5) is 32.8. The van der Waals surface area contributed by atoms with E-state index in [1.54, 1.807) is 31.2 Å². The molecule has 2 aromatic heterocycles. The van der Waals surface area contributed by atoms with Crippen molar-refractivity contribution < 1.29 is 23.7 Å². The third-order valence-electron chi connectivity index (χ3n) is 4.51. The number of aryl methyl sites for hydroxylation is 1. The summed E-state index contributed by atoms with van der Waals surface area (Å²) >= 11 is 7.50. The van der Waals surface area contributed by atoms with E-state index < -0.39 is 11.5 Å². The fraction of sp³-hybridized carbons (Fsp3) is 0.273. The molecule has 9 nitrogen and oxygen atoms in total. The van der Waals surface area contributed by atoms with E-state index in [-0.39, 0.29) is 30.7 Å². The van der Waals surface area contributed by atoms with Gasteiger partial charge in [-0.3, -0.25) is 4.79 Å². The van der Waals surface area contributed by atoms with Gasteiger partial charge in [-0.25, -0.2) is 9.78 Å². The molecule has 0 fully saturated rings. The molecule has 0 amide bonds. The van der Waals surface area contributed by atoms with Crippen LogP contribution >= 0.6 is 22.9 Å². The van der Waals surface area contributed by atoms with Crippen molar-refractivity contribution in [2.45, 2.75) is 6.92 Å². The van der Waals surface area contributed by atoms with E-state index >= 15 is 0 Å². The molecule has 0 saturated heterocycles. The van der Waals surface area contributed by atoms with E-state index in [9.17, 15) is 9.59 Å². The van der Waals surface area contributed by atoms with Crippen molar-refractivity contribution >= 4 is 50.2 Å². The predicted octanol–water partition coefficient (Wildman–Crippen LogP) is 3.74. The van der Waals surface area contributed by atoms with E-state index in [0.717, 1.165) is 11.3 Å². The molecule has 0 bridgehead atoms. The lowest BCUT2D eigenvalue weighted by Crippen LogP contribution is -2.11. The molecular weight excluding hydrogens is 470 g/mol. The van der Waals surface area contributed by atoms with Gasteiger partial charge < -0.3 is 23.9 Å². The maximum absolute atomic E-state index is 12.7. The molecule has 2 heterocycles. The van der Waals surface area contributed by atoms with Crippen LogP contribution in [-0.2, 0) is 9.47 Å². The van der Waals surface area contributed by atoms with E-state index in [2.05, 4.69) is 9.97 Å². The molecule has 3 aromatic rings. The molecule has 1 N–H and O–H groups in total. The highest BCUT2D eigenvalue weighted by Gasteiger charge is 2.21. The number of esters is 1. The molecule has 11 heteroatoms. The van der Waals surface area contributed by atoms with Crippen molar-refractivity contribution in [1.29, 1.82) is 5.26 Å². The number of nitrogens with zero attached hydrogens (tertiary/aromatic N) is 2. The van der Waals surface area contributed by atoms with Crippen LogP contribution in [0.5, 0.6) is 11.5 Å². The molecule has 0 saturated carbocycles. The third-order valence-corrected chi connectivity index (χ3v) is 5.96. The zero-order valence-electron chi connectivity index (χ0n) is 18.1. The van der Waals surface area contributed by atoms with Crippen LogP contribution in [0.15, 0.2) is 23.0 Å². The number of hydrogen-bond donors (Lipinski definition) is 1. The summed E-state index contributed by atoms with van der Waals surface area (Å²) in [5, 5.41) is 9.17. The second-order valence-corrected chi connectivity index (χ2v) is 8.04. The van der Waals surface area contributed by atoms with Gasteiger partial charge in [0.15, 0.2) is 23.9 Å². The predicted molar refractivity (Wildman–Crippen MR) is 125 cm³/mol. The first-order chi connectivity index (χ1) is 15.9. The van der Waals surface area contributed by atoms with Crippen molar-refractivity contribution in [3.05, 3.63) is 50.4 Å². The van der Waals surface area contributed by atoms with Crippen molar-refractivity contribution in [3.63, 3.8) is 0 Å². The number of methoxy groups -OCH3 is 2. The molecule has 0 aliphatic heterocycles. The smallest absolute Gasteiger partial charge is 0.348 e. The van der Waals surface area contributed by atoms with Gasteiger partial charge in [-0.1, -0.05) is 17.7 Å². The Morgan fingerprint density at radius 1 is 1.30 bits per heavy atom. The van der Waals surface area contributed by atoms with Crippen LogP contribution in [0, 0.1) is 18.3 Å². The third kappa shape index (κ3) is 5.51. The van der Waals surface area contributed by atoms with Gasteiger partial charge in [0.25, 0.3) is 5.56 Å². The number of fused-ring (bicyclic) bond motifs is 1. The molecule has 3 rings (SSSR count). The van der Waals surface area contributed by atoms with Crippen LogP contribution in [-0.4, -0.2) is 50.0 Å². The monoisotopic (exact) mass is 489 g/mol. The van der Waals surface area contributed by atoms with Crippen molar-refractivity contribution in [1.82, 2.24) is 9.97 Å². The van der Waals surface area contributed by atoms with Gasteiger partial charge in [0.05, 0.1) is 24.1 Å². The molecule has 0 aliphatic rings.